The molecule has 0 aromatic carbocycles. The lowest BCUT2D eigenvalue weighted by atomic mass is 9.95. The van der Waals surface area contributed by atoms with Crippen LogP contribution in [0.2, 0.25) is 0 Å². The second-order valence-corrected chi connectivity index (χ2v) is 1.99. The van der Waals surface area contributed by atoms with Crippen LogP contribution in [-0.4, -0.2) is 14.2 Å². The zero-order valence-electron chi connectivity index (χ0n) is 6.13. The zero-order chi connectivity index (χ0) is 6.69. The Labute approximate surface area is 78.4 Å². The Morgan fingerprint density at radius 2 is 1.10 bits per heavy atom. The zero-order valence-corrected chi connectivity index (χ0v) is 8.46. The van der Waals surface area contributed by atoms with Crippen LogP contribution >= 0.6 is 24.0 Å². The third-order valence-corrected chi connectivity index (χ3v) is 1.22. The van der Waals surface area contributed by atoms with Crippen LogP contribution in [0.1, 0.15) is 0 Å². The van der Waals surface area contributed by atoms with Gasteiger partial charge in [0.05, 0.1) is 0 Å². The predicted octanol–water partition coefficient (Wildman–Crippen LogP) is 2.55. The van der Waals surface area contributed by atoms with Gasteiger partial charge in [-0.2, -0.15) is 0 Å². The molecule has 0 heterocycles. The molecule has 10 heavy (non-hydrogen) atoms. The molecule has 0 atom stereocenters. The Hall–Kier alpha value is -0.0900. The SMILES string of the molecule is COC.I.c1cc2ccc1-2. The van der Waals surface area contributed by atoms with Gasteiger partial charge in [0.2, 0.25) is 0 Å². The lowest BCUT2D eigenvalue weighted by Gasteiger charge is -2.10. The molecular weight excluding hydrogens is 239 g/mol. The highest BCUT2D eigenvalue weighted by atomic mass is 127. The lowest BCUT2D eigenvalue weighted by Crippen LogP contribution is -1.85. The van der Waals surface area contributed by atoms with Crippen molar-refractivity contribution in [1.82, 2.24) is 0 Å². The standard InChI is InChI=1S/C6H4.C2H6O.HI/c1-2-6-4-3-5(1)6;1-3-2;/h1-4H;1-2H3;1H. The van der Waals surface area contributed by atoms with E-state index in [1.807, 2.05) is 0 Å². The summed E-state index contributed by atoms with van der Waals surface area (Å²) in [5.74, 6) is 0. The van der Waals surface area contributed by atoms with E-state index in [9.17, 15) is 0 Å². The molecule has 0 aliphatic heterocycles. The number of hydrogen-bond acceptors (Lipinski definition) is 1. The van der Waals surface area contributed by atoms with Crippen molar-refractivity contribution in [2.24, 2.45) is 0 Å². The summed E-state index contributed by atoms with van der Waals surface area (Å²) in [7, 11) is 3.25. The van der Waals surface area contributed by atoms with E-state index in [4.69, 9.17) is 0 Å². The molecule has 2 aliphatic rings. The van der Waals surface area contributed by atoms with Crippen LogP contribution in [0.5, 0.6) is 0 Å². The van der Waals surface area contributed by atoms with Crippen molar-refractivity contribution >= 4 is 24.0 Å². The van der Waals surface area contributed by atoms with Crippen molar-refractivity contribution in [3.63, 3.8) is 0 Å². The number of benzene rings is 1. The van der Waals surface area contributed by atoms with Crippen LogP contribution in [0.4, 0.5) is 0 Å². The van der Waals surface area contributed by atoms with Gasteiger partial charge in [0.1, 0.15) is 0 Å². The van der Waals surface area contributed by atoms with E-state index in [1.54, 1.807) is 14.2 Å². The molecular formula is C8H11IO. The highest BCUT2D eigenvalue weighted by molar-refractivity contribution is 14.0. The first kappa shape index (κ1) is 9.91. The first-order chi connectivity index (χ1) is 4.38. The second-order valence-electron chi connectivity index (χ2n) is 1.99. The van der Waals surface area contributed by atoms with E-state index in [2.05, 4.69) is 29.0 Å². The Morgan fingerprint density at radius 1 is 0.900 bits per heavy atom. The van der Waals surface area contributed by atoms with Gasteiger partial charge in [-0.05, 0) is 11.1 Å². The average Bonchev–Trinajstić information content (AvgIpc) is 1.81. The van der Waals surface area contributed by atoms with Gasteiger partial charge in [-0.1, -0.05) is 24.3 Å². The number of fused-ring (bicyclic) bond motifs is 1. The van der Waals surface area contributed by atoms with Crippen LogP contribution in [0.25, 0.3) is 11.1 Å². The van der Waals surface area contributed by atoms with E-state index >= 15 is 0 Å². The van der Waals surface area contributed by atoms with E-state index in [0.29, 0.717) is 0 Å². The maximum atomic E-state index is 4.25. The van der Waals surface area contributed by atoms with E-state index in [-0.39, 0.29) is 24.0 Å². The molecule has 0 spiro atoms. The van der Waals surface area contributed by atoms with Crippen molar-refractivity contribution in [2.45, 2.75) is 0 Å². The van der Waals surface area contributed by atoms with Crippen molar-refractivity contribution in [1.29, 1.82) is 0 Å². The van der Waals surface area contributed by atoms with Gasteiger partial charge in [0.25, 0.3) is 0 Å². The molecule has 0 aromatic heterocycles. The van der Waals surface area contributed by atoms with Crippen LogP contribution in [0.15, 0.2) is 24.3 Å². The summed E-state index contributed by atoms with van der Waals surface area (Å²) in [6.07, 6.45) is 0. The summed E-state index contributed by atoms with van der Waals surface area (Å²) in [5.41, 5.74) is 2.85. The van der Waals surface area contributed by atoms with Crippen molar-refractivity contribution in [2.75, 3.05) is 14.2 Å². The Bertz CT molecular complexity index is 160. The first-order valence-corrected chi connectivity index (χ1v) is 2.89. The molecule has 2 rings (SSSR count). The summed E-state index contributed by atoms with van der Waals surface area (Å²) in [5, 5.41) is 0. The largest absolute Gasteiger partial charge is 0.388 e. The van der Waals surface area contributed by atoms with Crippen molar-refractivity contribution in [3.05, 3.63) is 24.3 Å². The highest BCUT2D eigenvalue weighted by Crippen LogP contribution is 2.29. The van der Waals surface area contributed by atoms with Crippen LogP contribution in [-0.2, 0) is 4.74 Å². The minimum Gasteiger partial charge on any atom is -0.388 e. The monoisotopic (exact) mass is 250 g/mol. The summed E-state index contributed by atoms with van der Waals surface area (Å²) in [4.78, 5) is 0. The van der Waals surface area contributed by atoms with Gasteiger partial charge in [-0.25, -0.2) is 0 Å². The van der Waals surface area contributed by atoms with Crippen LogP contribution in [0.3, 0.4) is 0 Å². The summed E-state index contributed by atoms with van der Waals surface area (Å²) in [6, 6.07) is 8.48. The van der Waals surface area contributed by atoms with Gasteiger partial charge in [-0.3, -0.25) is 0 Å². The Morgan fingerprint density at radius 3 is 1.10 bits per heavy atom. The smallest absolute Gasteiger partial charge is 0.0351 e. The fourth-order valence-corrected chi connectivity index (χ4v) is 0.663. The first-order valence-electron chi connectivity index (χ1n) is 2.89. The second kappa shape index (κ2) is 4.68. The molecule has 0 unspecified atom stereocenters. The summed E-state index contributed by atoms with van der Waals surface area (Å²) < 4.78 is 4.25. The van der Waals surface area contributed by atoms with Crippen molar-refractivity contribution < 1.29 is 4.74 Å². The average molecular weight is 250 g/mol. The quantitative estimate of drug-likeness (QED) is 0.653. The maximum Gasteiger partial charge on any atom is 0.0351 e. The van der Waals surface area contributed by atoms with E-state index in [1.165, 1.54) is 11.1 Å². The Balaban J connectivity index is 0.000000183. The molecule has 56 valence electrons. The molecule has 2 heteroatoms. The van der Waals surface area contributed by atoms with Gasteiger partial charge >= 0.3 is 0 Å². The topological polar surface area (TPSA) is 9.23 Å². The number of hydrogen-bond donors (Lipinski definition) is 0. The summed E-state index contributed by atoms with van der Waals surface area (Å²) in [6.45, 7) is 0. The number of rotatable bonds is 0. The fraction of sp³-hybridized carbons (Fsp3) is 0.250. The van der Waals surface area contributed by atoms with Crippen LogP contribution < -0.4 is 0 Å². The van der Waals surface area contributed by atoms with Gasteiger partial charge in [0.15, 0.2) is 0 Å². The van der Waals surface area contributed by atoms with E-state index in [0.717, 1.165) is 0 Å². The molecule has 2 aliphatic carbocycles. The molecule has 0 N–H and O–H groups in total. The molecule has 0 bridgehead atoms. The third kappa shape index (κ3) is 1.95. The predicted molar refractivity (Wildman–Crippen MR) is 53.8 cm³/mol. The maximum absolute atomic E-state index is 4.25. The molecule has 1 nitrogen and oxygen atoms in total. The lowest BCUT2D eigenvalue weighted by molar-refractivity contribution is 0.277. The minimum absolute atomic E-state index is 0. The Kier molecular flexibility index (Phi) is 4.64. The van der Waals surface area contributed by atoms with Gasteiger partial charge < -0.3 is 4.74 Å². The molecule has 0 fully saturated rings. The summed E-state index contributed by atoms with van der Waals surface area (Å²) >= 11 is 0. The molecule has 0 saturated carbocycles. The number of ether oxygens (including phenoxy) is 1. The number of methoxy groups -OCH3 is 1. The normalized spacial score (nSPS) is 8.60. The van der Waals surface area contributed by atoms with Crippen molar-refractivity contribution in [3.8, 4) is 11.1 Å². The molecule has 0 amide bonds. The van der Waals surface area contributed by atoms with Crippen LogP contribution in [0, 0.1) is 0 Å². The molecule has 0 radical (unpaired) electrons. The highest BCUT2D eigenvalue weighted by Gasteiger charge is 2.03. The van der Waals surface area contributed by atoms with Gasteiger partial charge in [0, 0.05) is 14.2 Å². The molecule has 0 aromatic rings. The van der Waals surface area contributed by atoms with E-state index < -0.39 is 0 Å². The van der Waals surface area contributed by atoms with Gasteiger partial charge in [-0.15, -0.1) is 24.0 Å². The fourth-order valence-electron chi connectivity index (χ4n) is 0.663. The number of halogens is 1. The molecule has 0 saturated heterocycles. The third-order valence-electron chi connectivity index (χ3n) is 1.22. The minimum atomic E-state index is 0.